The van der Waals surface area contributed by atoms with Gasteiger partial charge < -0.3 is 5.73 Å². The lowest BCUT2D eigenvalue weighted by Gasteiger charge is -2.44. The smallest absolute Gasteiger partial charge is 0.187 e. The van der Waals surface area contributed by atoms with Gasteiger partial charge in [0.1, 0.15) is 6.07 Å². The van der Waals surface area contributed by atoms with Crippen molar-refractivity contribution in [1.29, 1.82) is 15.8 Å². The van der Waals surface area contributed by atoms with E-state index in [0.717, 1.165) is 24.8 Å². The Hall–Kier alpha value is -3.03. The highest BCUT2D eigenvalue weighted by Crippen LogP contribution is 2.53. The summed E-state index contributed by atoms with van der Waals surface area (Å²) in [6.45, 7) is 2.00. The summed E-state index contributed by atoms with van der Waals surface area (Å²) < 4.78 is 0. The summed E-state index contributed by atoms with van der Waals surface area (Å²) in [6.07, 6.45) is 5.53. The molecule has 4 heteroatoms. The quantitative estimate of drug-likeness (QED) is 0.898. The van der Waals surface area contributed by atoms with Crippen molar-refractivity contribution in [2.75, 3.05) is 0 Å². The summed E-state index contributed by atoms with van der Waals surface area (Å²) in [7, 11) is 0. The van der Waals surface area contributed by atoms with Crippen LogP contribution in [0.25, 0.3) is 0 Å². The molecule has 0 radical (unpaired) electrons. The van der Waals surface area contributed by atoms with Gasteiger partial charge in [0.25, 0.3) is 0 Å². The van der Waals surface area contributed by atoms with E-state index in [0.29, 0.717) is 17.9 Å². The minimum atomic E-state index is -1.41. The fourth-order valence-corrected chi connectivity index (χ4v) is 4.69. The van der Waals surface area contributed by atoms with Crippen LogP contribution in [0.5, 0.6) is 0 Å². The van der Waals surface area contributed by atoms with Gasteiger partial charge in [-0.2, -0.15) is 15.8 Å². The van der Waals surface area contributed by atoms with Gasteiger partial charge in [-0.25, -0.2) is 0 Å². The second-order valence-corrected chi connectivity index (χ2v) is 7.24. The fourth-order valence-electron chi connectivity index (χ4n) is 4.69. The summed E-state index contributed by atoms with van der Waals surface area (Å²) >= 11 is 0. The second kappa shape index (κ2) is 7.07. The standard InChI is InChI=1S/C22H22N4/c1-2-20-18-11-16(10-15-6-4-3-5-7-15)8-9-17(18)19(12-23)21(26)22(20,13-24)14-25/h3-7,9,16,18,20H,2,8,10-11,26H2,1H3. The monoisotopic (exact) mass is 342 g/mol. The highest BCUT2D eigenvalue weighted by molar-refractivity contribution is 5.56. The molecule has 0 aliphatic heterocycles. The molecule has 26 heavy (non-hydrogen) atoms. The maximum Gasteiger partial charge on any atom is 0.187 e. The van der Waals surface area contributed by atoms with E-state index in [1.165, 1.54) is 5.56 Å². The van der Waals surface area contributed by atoms with Crippen LogP contribution in [-0.2, 0) is 6.42 Å². The lowest BCUT2D eigenvalue weighted by molar-refractivity contribution is 0.202. The highest BCUT2D eigenvalue weighted by Gasteiger charge is 2.52. The van der Waals surface area contributed by atoms with Crippen molar-refractivity contribution in [2.45, 2.75) is 32.6 Å². The van der Waals surface area contributed by atoms with Gasteiger partial charge in [-0.1, -0.05) is 43.3 Å². The molecule has 0 amide bonds. The SMILES string of the molecule is CCC1C2CC(Cc3ccccc3)CC=C2C(C#N)=C(N)C1(C#N)C#N. The lowest BCUT2D eigenvalue weighted by atomic mass is 9.56. The van der Waals surface area contributed by atoms with Gasteiger partial charge in [-0.15, -0.1) is 0 Å². The van der Waals surface area contributed by atoms with Crippen LogP contribution in [0, 0.1) is 57.2 Å². The van der Waals surface area contributed by atoms with Crippen LogP contribution in [0.3, 0.4) is 0 Å². The topological polar surface area (TPSA) is 97.4 Å². The van der Waals surface area contributed by atoms with E-state index in [1.54, 1.807) is 0 Å². The van der Waals surface area contributed by atoms with Gasteiger partial charge in [0.05, 0.1) is 23.4 Å². The molecule has 1 aromatic rings. The van der Waals surface area contributed by atoms with Crippen molar-refractivity contribution >= 4 is 0 Å². The molecular weight excluding hydrogens is 320 g/mol. The van der Waals surface area contributed by atoms with Crippen LogP contribution in [0.15, 0.2) is 53.3 Å². The summed E-state index contributed by atoms with van der Waals surface area (Å²) in [5, 5.41) is 29.2. The number of hydrogen-bond acceptors (Lipinski definition) is 4. The molecular formula is C22H22N4. The first-order chi connectivity index (χ1) is 12.6. The van der Waals surface area contributed by atoms with Crippen molar-refractivity contribution in [3.05, 3.63) is 58.8 Å². The Labute approximate surface area is 154 Å². The van der Waals surface area contributed by atoms with E-state index in [2.05, 4.69) is 36.4 Å². The van der Waals surface area contributed by atoms with Crippen LogP contribution in [0.1, 0.15) is 31.7 Å². The first kappa shape index (κ1) is 17.8. The molecule has 3 rings (SSSR count). The van der Waals surface area contributed by atoms with Gasteiger partial charge in [0.15, 0.2) is 5.41 Å². The summed E-state index contributed by atoms with van der Waals surface area (Å²) in [4.78, 5) is 0. The zero-order valence-electron chi connectivity index (χ0n) is 14.9. The molecule has 0 saturated heterocycles. The number of nitrogens with two attached hydrogens (primary N) is 1. The van der Waals surface area contributed by atoms with E-state index in [9.17, 15) is 15.8 Å². The second-order valence-electron chi connectivity index (χ2n) is 7.24. The Balaban J connectivity index is 2.01. The Kier molecular flexibility index (Phi) is 4.83. The molecule has 0 aromatic heterocycles. The molecule has 3 unspecified atom stereocenters. The number of hydrogen-bond donors (Lipinski definition) is 1. The Morgan fingerprint density at radius 2 is 1.85 bits per heavy atom. The van der Waals surface area contributed by atoms with E-state index >= 15 is 0 Å². The van der Waals surface area contributed by atoms with Crippen molar-refractivity contribution < 1.29 is 0 Å². The molecule has 3 atom stereocenters. The minimum absolute atomic E-state index is 0.0312. The van der Waals surface area contributed by atoms with Gasteiger partial charge in [-0.3, -0.25) is 0 Å². The van der Waals surface area contributed by atoms with Crippen LogP contribution < -0.4 is 5.73 Å². The summed E-state index contributed by atoms with van der Waals surface area (Å²) in [5.74, 6) is 0.290. The number of benzene rings is 1. The number of nitriles is 3. The van der Waals surface area contributed by atoms with Crippen molar-refractivity contribution in [3.63, 3.8) is 0 Å². The molecule has 0 bridgehead atoms. The number of rotatable bonds is 3. The first-order valence-corrected chi connectivity index (χ1v) is 9.08. The Morgan fingerprint density at radius 1 is 1.15 bits per heavy atom. The Morgan fingerprint density at radius 3 is 2.42 bits per heavy atom. The van der Waals surface area contributed by atoms with Crippen LogP contribution in [-0.4, -0.2) is 0 Å². The van der Waals surface area contributed by atoms with E-state index < -0.39 is 5.41 Å². The van der Waals surface area contributed by atoms with Crippen molar-refractivity contribution in [2.24, 2.45) is 28.9 Å². The van der Waals surface area contributed by atoms with Crippen LogP contribution in [0.4, 0.5) is 0 Å². The zero-order chi connectivity index (χ0) is 18.7. The average Bonchev–Trinajstić information content (AvgIpc) is 2.68. The molecule has 0 saturated carbocycles. The van der Waals surface area contributed by atoms with Crippen molar-refractivity contribution in [3.8, 4) is 18.2 Å². The largest absolute Gasteiger partial charge is 0.399 e. The lowest BCUT2D eigenvalue weighted by Crippen LogP contribution is -2.44. The predicted molar refractivity (Wildman–Crippen MR) is 98.7 cm³/mol. The molecule has 0 fully saturated rings. The molecule has 130 valence electrons. The highest BCUT2D eigenvalue weighted by atomic mass is 14.7. The third-order valence-corrected chi connectivity index (χ3v) is 5.95. The maximum atomic E-state index is 9.80. The molecule has 0 spiro atoms. The Bertz CT molecular complexity index is 859. The molecule has 2 N–H and O–H groups in total. The normalized spacial score (nSPS) is 26.7. The summed E-state index contributed by atoms with van der Waals surface area (Å²) in [6, 6.07) is 16.8. The molecule has 1 aromatic carbocycles. The predicted octanol–water partition coefficient (Wildman–Crippen LogP) is 3.99. The molecule has 4 nitrogen and oxygen atoms in total. The third-order valence-electron chi connectivity index (χ3n) is 5.95. The van der Waals surface area contributed by atoms with Crippen LogP contribution >= 0.6 is 0 Å². The number of nitrogens with zero attached hydrogens (tertiary/aromatic N) is 3. The van der Waals surface area contributed by atoms with E-state index in [4.69, 9.17) is 5.73 Å². The molecule has 0 heterocycles. The van der Waals surface area contributed by atoms with E-state index in [-0.39, 0.29) is 17.5 Å². The van der Waals surface area contributed by atoms with Gasteiger partial charge >= 0.3 is 0 Å². The molecule has 2 aliphatic carbocycles. The first-order valence-electron chi connectivity index (χ1n) is 9.08. The average molecular weight is 342 g/mol. The fraction of sp³-hybridized carbons (Fsp3) is 0.409. The number of allylic oxidation sites excluding steroid dienone is 4. The minimum Gasteiger partial charge on any atom is -0.399 e. The maximum absolute atomic E-state index is 9.80. The van der Waals surface area contributed by atoms with Crippen LogP contribution in [0.2, 0.25) is 0 Å². The van der Waals surface area contributed by atoms with Crippen molar-refractivity contribution in [1.82, 2.24) is 0 Å². The number of fused-ring (bicyclic) bond motifs is 1. The van der Waals surface area contributed by atoms with E-state index in [1.807, 2.05) is 25.1 Å². The van der Waals surface area contributed by atoms with Gasteiger partial charge in [-0.05, 0) is 48.7 Å². The zero-order valence-corrected chi connectivity index (χ0v) is 14.9. The van der Waals surface area contributed by atoms with Gasteiger partial charge in [0, 0.05) is 5.92 Å². The summed E-state index contributed by atoms with van der Waals surface area (Å²) in [5.41, 5.74) is 7.51. The molecule has 2 aliphatic rings. The van der Waals surface area contributed by atoms with Gasteiger partial charge in [0.2, 0.25) is 0 Å². The third kappa shape index (κ3) is 2.67.